The lowest BCUT2D eigenvalue weighted by atomic mass is 10.1. The highest BCUT2D eigenvalue weighted by molar-refractivity contribution is 6.45. The number of H-pyrrole nitrogens is 1. The van der Waals surface area contributed by atoms with Crippen LogP contribution >= 0.6 is 0 Å². The molecular weight excluding hydrogens is 436 g/mol. The lowest BCUT2D eigenvalue weighted by Gasteiger charge is -2.35. The van der Waals surface area contributed by atoms with Gasteiger partial charge in [0.1, 0.15) is 23.7 Å². The fourth-order valence-corrected chi connectivity index (χ4v) is 4.25. The van der Waals surface area contributed by atoms with Gasteiger partial charge in [0.05, 0.1) is 29.8 Å². The maximum absolute atomic E-state index is 13.3. The SMILES string of the molecule is COc1cnc(-n2cnc(C)n2)c2[nH]cc(C(=O)C(=O)N3CCN(c4ncccc4C)CC3)c12. The molecule has 0 aromatic carbocycles. The number of piperazine rings is 1. The van der Waals surface area contributed by atoms with E-state index in [1.807, 2.05) is 19.1 Å². The molecule has 1 amide bonds. The molecule has 1 aliphatic heterocycles. The van der Waals surface area contributed by atoms with Gasteiger partial charge in [-0.25, -0.2) is 19.6 Å². The van der Waals surface area contributed by atoms with Crippen molar-refractivity contribution in [3.63, 3.8) is 0 Å². The van der Waals surface area contributed by atoms with Gasteiger partial charge in [0.2, 0.25) is 0 Å². The number of nitrogens with one attached hydrogen (secondary N) is 1. The van der Waals surface area contributed by atoms with Crippen molar-refractivity contribution >= 4 is 28.4 Å². The van der Waals surface area contributed by atoms with Crippen molar-refractivity contribution in [3.05, 3.63) is 54.0 Å². The summed E-state index contributed by atoms with van der Waals surface area (Å²) in [6.45, 7) is 5.86. The molecule has 0 saturated carbocycles. The Morgan fingerprint density at radius 2 is 1.85 bits per heavy atom. The molecule has 4 aromatic rings. The molecule has 11 heteroatoms. The molecule has 0 atom stereocenters. The second-order valence-electron chi connectivity index (χ2n) is 8.09. The molecule has 1 aliphatic rings. The minimum Gasteiger partial charge on any atom is -0.494 e. The standard InChI is InChI=1S/C23H24N8O3/c1-14-5-4-6-24-21(14)29-7-9-30(10-8-29)23(33)20(32)16-11-25-19-18(16)17(34-3)12-26-22(19)31-13-27-15(2)28-31/h4-6,11-13,25H,7-10H2,1-3H3. The average Bonchev–Trinajstić information content (AvgIpc) is 3.50. The molecule has 11 nitrogen and oxygen atoms in total. The van der Waals surface area contributed by atoms with Crippen LogP contribution < -0.4 is 9.64 Å². The Balaban J connectivity index is 1.40. The van der Waals surface area contributed by atoms with Crippen LogP contribution in [0.2, 0.25) is 0 Å². The molecule has 0 aliphatic carbocycles. The predicted octanol–water partition coefficient (Wildman–Crippen LogP) is 1.70. The molecule has 0 unspecified atom stereocenters. The van der Waals surface area contributed by atoms with Crippen molar-refractivity contribution in [2.45, 2.75) is 13.8 Å². The zero-order valence-corrected chi connectivity index (χ0v) is 19.1. The van der Waals surface area contributed by atoms with Crippen molar-refractivity contribution in [2.24, 2.45) is 0 Å². The third kappa shape index (κ3) is 3.64. The van der Waals surface area contributed by atoms with Gasteiger partial charge in [0.25, 0.3) is 11.7 Å². The summed E-state index contributed by atoms with van der Waals surface area (Å²) >= 11 is 0. The van der Waals surface area contributed by atoms with Crippen molar-refractivity contribution in [3.8, 4) is 11.6 Å². The van der Waals surface area contributed by atoms with Gasteiger partial charge in [0, 0.05) is 38.6 Å². The number of ketones is 1. The zero-order chi connectivity index (χ0) is 23.8. The van der Waals surface area contributed by atoms with Gasteiger partial charge in [-0.05, 0) is 25.5 Å². The third-order valence-electron chi connectivity index (χ3n) is 5.98. The summed E-state index contributed by atoms with van der Waals surface area (Å²) in [6, 6.07) is 3.91. The molecule has 5 rings (SSSR count). The smallest absolute Gasteiger partial charge is 0.295 e. The lowest BCUT2D eigenvalue weighted by molar-refractivity contribution is -0.126. The van der Waals surface area contributed by atoms with Crippen LogP contribution in [-0.4, -0.2) is 79.6 Å². The van der Waals surface area contributed by atoms with Crippen LogP contribution in [0, 0.1) is 13.8 Å². The number of amides is 1. The van der Waals surface area contributed by atoms with Gasteiger partial charge < -0.3 is 19.5 Å². The number of aromatic nitrogens is 6. The Labute approximate surface area is 195 Å². The first-order chi connectivity index (χ1) is 16.5. The molecule has 34 heavy (non-hydrogen) atoms. The molecule has 0 bridgehead atoms. The number of carbonyl (C=O) groups is 2. The van der Waals surface area contributed by atoms with Crippen molar-refractivity contribution in [2.75, 3.05) is 38.2 Å². The molecule has 0 radical (unpaired) electrons. The number of anilines is 1. The van der Waals surface area contributed by atoms with E-state index < -0.39 is 11.7 Å². The number of carbonyl (C=O) groups excluding carboxylic acids is 2. The number of aryl methyl sites for hydroxylation is 2. The van der Waals surface area contributed by atoms with Gasteiger partial charge in [0.15, 0.2) is 5.82 Å². The molecule has 174 valence electrons. The van der Waals surface area contributed by atoms with Crippen molar-refractivity contribution in [1.82, 2.24) is 34.6 Å². The third-order valence-corrected chi connectivity index (χ3v) is 5.98. The van der Waals surface area contributed by atoms with E-state index in [4.69, 9.17) is 4.74 Å². The largest absolute Gasteiger partial charge is 0.494 e. The van der Waals surface area contributed by atoms with E-state index in [9.17, 15) is 9.59 Å². The first-order valence-electron chi connectivity index (χ1n) is 10.9. The van der Waals surface area contributed by atoms with E-state index in [0.29, 0.717) is 54.5 Å². The van der Waals surface area contributed by atoms with Crippen molar-refractivity contribution in [1.29, 1.82) is 0 Å². The number of nitrogens with zero attached hydrogens (tertiary/aromatic N) is 7. The Bertz CT molecular complexity index is 1380. The Morgan fingerprint density at radius 1 is 1.06 bits per heavy atom. The summed E-state index contributed by atoms with van der Waals surface area (Å²) in [7, 11) is 1.50. The Hall–Kier alpha value is -4.28. The Morgan fingerprint density at radius 3 is 2.53 bits per heavy atom. The summed E-state index contributed by atoms with van der Waals surface area (Å²) in [5.74, 6) is 1.20. The lowest BCUT2D eigenvalue weighted by Crippen LogP contribution is -2.51. The van der Waals surface area contributed by atoms with Crippen LogP contribution in [0.3, 0.4) is 0 Å². The number of methoxy groups -OCH3 is 1. The number of rotatable bonds is 5. The molecule has 4 aromatic heterocycles. The van der Waals surface area contributed by atoms with Crippen LogP contribution in [0.4, 0.5) is 5.82 Å². The number of pyridine rings is 2. The zero-order valence-electron chi connectivity index (χ0n) is 19.1. The van der Waals surface area contributed by atoms with E-state index in [1.165, 1.54) is 24.2 Å². The van der Waals surface area contributed by atoms with Crippen molar-refractivity contribution < 1.29 is 14.3 Å². The van der Waals surface area contributed by atoms with Gasteiger partial charge in [-0.1, -0.05) is 6.07 Å². The number of Topliss-reactive ketones (excluding diaryl/α,β-unsaturated/α-hetero) is 1. The quantitative estimate of drug-likeness (QED) is 0.353. The van der Waals surface area contributed by atoms with E-state index in [0.717, 1.165) is 11.4 Å². The summed E-state index contributed by atoms with van der Waals surface area (Å²) in [6.07, 6.45) is 6.34. The highest BCUT2D eigenvalue weighted by Crippen LogP contribution is 2.32. The molecule has 1 N–H and O–H groups in total. The summed E-state index contributed by atoms with van der Waals surface area (Å²) < 4.78 is 6.97. The first kappa shape index (κ1) is 21.6. The summed E-state index contributed by atoms with van der Waals surface area (Å²) in [5, 5.41) is 4.79. The summed E-state index contributed by atoms with van der Waals surface area (Å²) in [5.41, 5.74) is 1.85. The minimum absolute atomic E-state index is 0.236. The van der Waals surface area contributed by atoms with E-state index in [-0.39, 0.29) is 5.56 Å². The summed E-state index contributed by atoms with van der Waals surface area (Å²) in [4.78, 5) is 46.2. The second-order valence-corrected chi connectivity index (χ2v) is 8.09. The highest BCUT2D eigenvalue weighted by Gasteiger charge is 2.30. The highest BCUT2D eigenvalue weighted by atomic mass is 16.5. The first-order valence-corrected chi connectivity index (χ1v) is 10.9. The van der Waals surface area contributed by atoms with Crippen LogP contribution in [-0.2, 0) is 4.79 Å². The maximum atomic E-state index is 13.3. The number of fused-ring (bicyclic) bond motifs is 1. The topological polar surface area (TPSA) is 122 Å². The second kappa shape index (κ2) is 8.58. The van der Waals surface area contributed by atoms with E-state index in [1.54, 1.807) is 24.3 Å². The minimum atomic E-state index is -0.598. The molecule has 0 spiro atoms. The van der Waals surface area contributed by atoms with Crippen LogP contribution in [0.1, 0.15) is 21.7 Å². The number of ether oxygens (including phenoxy) is 1. The van der Waals surface area contributed by atoms with E-state index >= 15 is 0 Å². The fourth-order valence-electron chi connectivity index (χ4n) is 4.25. The normalized spacial score (nSPS) is 14.0. The van der Waals surface area contributed by atoms with Gasteiger partial charge >= 0.3 is 0 Å². The van der Waals surface area contributed by atoms with Crippen LogP contribution in [0.15, 0.2) is 37.1 Å². The van der Waals surface area contributed by atoms with Gasteiger partial charge in [-0.3, -0.25) is 9.59 Å². The molecular formula is C23H24N8O3. The molecule has 1 saturated heterocycles. The average molecular weight is 460 g/mol. The van der Waals surface area contributed by atoms with Crippen LogP contribution in [0.25, 0.3) is 16.7 Å². The predicted molar refractivity (Wildman–Crippen MR) is 124 cm³/mol. The number of aromatic amines is 1. The number of hydrogen-bond donors (Lipinski definition) is 1. The maximum Gasteiger partial charge on any atom is 0.295 e. The van der Waals surface area contributed by atoms with Gasteiger partial charge in [-0.15, -0.1) is 0 Å². The Kier molecular flexibility index (Phi) is 5.44. The van der Waals surface area contributed by atoms with E-state index in [2.05, 4.69) is 29.9 Å². The number of hydrogen-bond acceptors (Lipinski definition) is 8. The van der Waals surface area contributed by atoms with Crippen LogP contribution in [0.5, 0.6) is 5.75 Å². The monoisotopic (exact) mass is 460 g/mol. The van der Waals surface area contributed by atoms with Gasteiger partial charge in [-0.2, -0.15) is 5.10 Å². The molecule has 5 heterocycles. The fraction of sp³-hybridized carbons (Fsp3) is 0.304. The molecule has 1 fully saturated rings.